The fourth-order valence-electron chi connectivity index (χ4n) is 1.80. The predicted octanol–water partition coefficient (Wildman–Crippen LogP) is 2.97. The van der Waals surface area contributed by atoms with Crippen LogP contribution in [0.3, 0.4) is 0 Å². The van der Waals surface area contributed by atoms with Gasteiger partial charge in [0.15, 0.2) is 6.10 Å². The Morgan fingerprint density at radius 1 is 1.33 bits per heavy atom. The van der Waals surface area contributed by atoms with Gasteiger partial charge in [0, 0.05) is 18.9 Å². The molecule has 0 saturated heterocycles. The molecule has 2 rings (SSSR count). The molecule has 0 bridgehead atoms. The third-order valence-electron chi connectivity index (χ3n) is 2.95. The number of hydrogen-bond acceptors (Lipinski definition) is 3. The lowest BCUT2D eigenvalue weighted by Crippen LogP contribution is -2.37. The van der Waals surface area contributed by atoms with Gasteiger partial charge in [0.05, 0.1) is 4.47 Å². The fourth-order valence-corrected chi connectivity index (χ4v) is 2.18. The molecule has 0 spiro atoms. The number of halogens is 1. The molecule has 5 heteroatoms. The smallest absolute Gasteiger partial charge is 0.260 e. The van der Waals surface area contributed by atoms with Crippen LogP contribution in [-0.4, -0.2) is 23.5 Å². The van der Waals surface area contributed by atoms with Crippen molar-refractivity contribution in [1.82, 2.24) is 10.3 Å². The van der Waals surface area contributed by atoms with Crippen molar-refractivity contribution in [3.63, 3.8) is 0 Å². The molecular formula is C16H17BrN2O2. The first kappa shape index (κ1) is 15.5. The van der Waals surface area contributed by atoms with Crippen LogP contribution in [0, 0.1) is 0 Å². The number of nitrogens with one attached hydrogen (secondary N) is 1. The predicted molar refractivity (Wildman–Crippen MR) is 85.2 cm³/mol. The van der Waals surface area contributed by atoms with Crippen molar-refractivity contribution in [2.24, 2.45) is 0 Å². The average molecular weight is 349 g/mol. The van der Waals surface area contributed by atoms with Gasteiger partial charge < -0.3 is 10.1 Å². The number of nitrogens with zero attached hydrogens (tertiary/aromatic N) is 1. The van der Waals surface area contributed by atoms with Crippen LogP contribution in [-0.2, 0) is 11.2 Å². The molecule has 110 valence electrons. The maximum absolute atomic E-state index is 12.0. The number of ether oxygens (including phenoxy) is 1. The highest BCUT2D eigenvalue weighted by Crippen LogP contribution is 2.24. The third-order valence-corrected chi connectivity index (χ3v) is 3.60. The van der Waals surface area contributed by atoms with Gasteiger partial charge in [0.1, 0.15) is 5.75 Å². The molecule has 0 radical (unpaired) electrons. The van der Waals surface area contributed by atoms with E-state index in [1.165, 1.54) is 0 Å². The Morgan fingerprint density at radius 2 is 2.14 bits per heavy atom. The molecular weight excluding hydrogens is 332 g/mol. The van der Waals surface area contributed by atoms with Crippen molar-refractivity contribution in [3.05, 3.63) is 58.8 Å². The molecule has 1 heterocycles. The van der Waals surface area contributed by atoms with Crippen LogP contribution in [0.4, 0.5) is 0 Å². The minimum atomic E-state index is -0.544. The van der Waals surface area contributed by atoms with Crippen molar-refractivity contribution < 1.29 is 9.53 Å². The Hall–Kier alpha value is -1.88. The van der Waals surface area contributed by atoms with Gasteiger partial charge in [-0.25, -0.2) is 0 Å². The average Bonchev–Trinajstić information content (AvgIpc) is 2.50. The second-order valence-corrected chi connectivity index (χ2v) is 5.45. The van der Waals surface area contributed by atoms with E-state index in [-0.39, 0.29) is 5.91 Å². The van der Waals surface area contributed by atoms with E-state index in [9.17, 15) is 4.79 Å². The molecule has 1 aromatic heterocycles. The minimum Gasteiger partial charge on any atom is -0.480 e. The molecule has 0 aliphatic heterocycles. The Morgan fingerprint density at radius 3 is 2.86 bits per heavy atom. The normalized spacial score (nSPS) is 11.7. The molecule has 1 N–H and O–H groups in total. The van der Waals surface area contributed by atoms with Crippen molar-refractivity contribution in [3.8, 4) is 5.75 Å². The number of rotatable bonds is 6. The first-order valence-electron chi connectivity index (χ1n) is 6.74. The summed E-state index contributed by atoms with van der Waals surface area (Å²) in [7, 11) is 0. The number of para-hydroxylation sites is 1. The second kappa shape index (κ2) is 7.78. The van der Waals surface area contributed by atoms with Gasteiger partial charge in [-0.15, -0.1) is 0 Å². The van der Waals surface area contributed by atoms with Crippen LogP contribution in [0.2, 0.25) is 0 Å². The summed E-state index contributed by atoms with van der Waals surface area (Å²) in [6, 6.07) is 11.3. The summed E-state index contributed by atoms with van der Waals surface area (Å²) < 4.78 is 6.47. The molecule has 21 heavy (non-hydrogen) atoms. The zero-order chi connectivity index (χ0) is 15.1. The van der Waals surface area contributed by atoms with E-state index in [2.05, 4.69) is 26.2 Å². The largest absolute Gasteiger partial charge is 0.480 e. The van der Waals surface area contributed by atoms with Crippen LogP contribution in [0.25, 0.3) is 0 Å². The summed E-state index contributed by atoms with van der Waals surface area (Å²) in [5, 5.41) is 2.86. The van der Waals surface area contributed by atoms with Crippen LogP contribution in [0.1, 0.15) is 12.5 Å². The van der Waals surface area contributed by atoms with Crippen LogP contribution < -0.4 is 10.1 Å². The number of benzene rings is 1. The van der Waals surface area contributed by atoms with Gasteiger partial charge in [0.25, 0.3) is 5.91 Å². The standard InChI is InChI=1S/C16H17BrN2O2/c1-12(21-15-7-3-2-6-14(15)17)16(20)19-10-8-13-5-4-9-18-11-13/h2-7,9,11-12H,8,10H2,1H3,(H,19,20)/t12-/m0/s1. The van der Waals surface area contributed by atoms with Crippen LogP contribution >= 0.6 is 15.9 Å². The lowest BCUT2D eigenvalue weighted by molar-refractivity contribution is -0.127. The van der Waals surface area contributed by atoms with E-state index >= 15 is 0 Å². The maximum Gasteiger partial charge on any atom is 0.260 e. The number of carbonyl (C=O) groups is 1. The van der Waals surface area contributed by atoms with Crippen molar-refractivity contribution in [1.29, 1.82) is 0 Å². The summed E-state index contributed by atoms with van der Waals surface area (Å²) >= 11 is 3.39. The Balaban J connectivity index is 1.79. The molecule has 1 amide bonds. The third kappa shape index (κ3) is 4.86. The Labute approximate surface area is 132 Å². The molecule has 2 aromatic rings. The first-order valence-corrected chi connectivity index (χ1v) is 7.54. The quantitative estimate of drug-likeness (QED) is 0.872. The van der Waals surface area contributed by atoms with Crippen LogP contribution in [0.5, 0.6) is 5.75 Å². The zero-order valence-electron chi connectivity index (χ0n) is 11.8. The maximum atomic E-state index is 12.0. The van der Waals surface area contributed by atoms with E-state index in [1.54, 1.807) is 19.3 Å². The van der Waals surface area contributed by atoms with Gasteiger partial charge in [-0.3, -0.25) is 9.78 Å². The Kier molecular flexibility index (Phi) is 5.75. The number of amides is 1. The Bertz CT molecular complexity index is 590. The van der Waals surface area contributed by atoms with E-state index in [4.69, 9.17) is 4.74 Å². The summed E-state index contributed by atoms with van der Waals surface area (Å²) in [5.41, 5.74) is 1.09. The highest BCUT2D eigenvalue weighted by molar-refractivity contribution is 9.10. The van der Waals surface area contributed by atoms with Gasteiger partial charge in [0.2, 0.25) is 0 Å². The molecule has 1 atom stereocenters. The summed E-state index contributed by atoms with van der Waals surface area (Å²) in [5.74, 6) is 0.530. The number of hydrogen-bond donors (Lipinski definition) is 1. The minimum absolute atomic E-state index is 0.130. The monoisotopic (exact) mass is 348 g/mol. The fraction of sp³-hybridized carbons (Fsp3) is 0.250. The number of carbonyl (C=O) groups excluding carboxylic acids is 1. The number of pyridine rings is 1. The topological polar surface area (TPSA) is 51.2 Å². The van der Waals surface area contributed by atoms with Gasteiger partial charge in [-0.2, -0.15) is 0 Å². The van der Waals surface area contributed by atoms with Gasteiger partial charge in [-0.1, -0.05) is 18.2 Å². The SMILES string of the molecule is C[C@H](Oc1ccccc1Br)C(=O)NCCc1cccnc1. The first-order chi connectivity index (χ1) is 10.2. The summed E-state index contributed by atoms with van der Waals surface area (Å²) in [6.07, 6.45) is 3.74. The lowest BCUT2D eigenvalue weighted by atomic mass is 10.2. The van der Waals surface area contributed by atoms with Crippen LogP contribution in [0.15, 0.2) is 53.3 Å². The van der Waals surface area contributed by atoms with E-state index in [1.807, 2.05) is 36.4 Å². The summed E-state index contributed by atoms with van der Waals surface area (Å²) in [6.45, 7) is 2.30. The molecule has 0 fully saturated rings. The van der Waals surface area contributed by atoms with Crippen molar-refractivity contribution in [2.45, 2.75) is 19.4 Å². The molecule has 0 aliphatic rings. The highest BCUT2D eigenvalue weighted by Gasteiger charge is 2.15. The molecule has 0 aliphatic carbocycles. The van der Waals surface area contributed by atoms with E-state index in [0.29, 0.717) is 12.3 Å². The molecule has 0 unspecified atom stereocenters. The second-order valence-electron chi connectivity index (χ2n) is 4.59. The van der Waals surface area contributed by atoms with Gasteiger partial charge >= 0.3 is 0 Å². The summed E-state index contributed by atoms with van der Waals surface area (Å²) in [4.78, 5) is 16.0. The van der Waals surface area contributed by atoms with E-state index < -0.39 is 6.10 Å². The number of aromatic nitrogens is 1. The highest BCUT2D eigenvalue weighted by atomic mass is 79.9. The zero-order valence-corrected chi connectivity index (χ0v) is 13.3. The molecule has 4 nitrogen and oxygen atoms in total. The van der Waals surface area contributed by atoms with E-state index in [0.717, 1.165) is 16.5 Å². The molecule has 1 aromatic carbocycles. The van der Waals surface area contributed by atoms with Crippen molar-refractivity contribution in [2.75, 3.05) is 6.54 Å². The van der Waals surface area contributed by atoms with Crippen molar-refractivity contribution >= 4 is 21.8 Å². The lowest BCUT2D eigenvalue weighted by Gasteiger charge is -2.15. The molecule has 0 saturated carbocycles. The van der Waals surface area contributed by atoms with Gasteiger partial charge in [-0.05, 0) is 53.0 Å².